The molecule has 1 aromatic rings. The summed E-state index contributed by atoms with van der Waals surface area (Å²) < 4.78 is 19.2. The van der Waals surface area contributed by atoms with E-state index in [4.69, 9.17) is 4.74 Å². The Balaban J connectivity index is 2.54. The van der Waals surface area contributed by atoms with E-state index in [1.54, 1.807) is 6.07 Å². The number of benzene rings is 1. The van der Waals surface area contributed by atoms with Gasteiger partial charge in [0.15, 0.2) is 11.6 Å². The van der Waals surface area contributed by atoms with Crippen LogP contribution in [0.25, 0.3) is 0 Å². The molecule has 0 heterocycles. The van der Waals surface area contributed by atoms with Crippen LogP contribution in [0.4, 0.5) is 4.39 Å². The summed E-state index contributed by atoms with van der Waals surface area (Å²) in [4.78, 5) is 11.6. The van der Waals surface area contributed by atoms with Crippen molar-refractivity contribution in [2.45, 2.75) is 12.8 Å². The fraction of sp³-hybridized carbons (Fsp3) is 0.417. The van der Waals surface area contributed by atoms with Gasteiger partial charge in [-0.2, -0.15) is 0 Å². The highest BCUT2D eigenvalue weighted by molar-refractivity contribution is 14.1. The number of alkyl halides is 1. The number of ether oxygens (including phenoxy) is 1. The minimum absolute atomic E-state index is 0.145. The molecule has 1 N–H and O–H groups in total. The van der Waals surface area contributed by atoms with Crippen molar-refractivity contribution in [1.82, 2.24) is 5.32 Å². The van der Waals surface area contributed by atoms with Crippen LogP contribution in [0.1, 0.15) is 23.2 Å². The average molecular weight is 351 g/mol. The molecule has 0 unspecified atom stereocenters. The quantitative estimate of drug-likeness (QED) is 0.486. The van der Waals surface area contributed by atoms with E-state index in [0.717, 1.165) is 17.3 Å². The summed E-state index contributed by atoms with van der Waals surface area (Å²) in [5, 5.41) is 2.75. The van der Waals surface area contributed by atoms with Crippen LogP contribution >= 0.6 is 22.6 Å². The second-order valence-corrected chi connectivity index (χ2v) is 4.58. The van der Waals surface area contributed by atoms with E-state index in [-0.39, 0.29) is 11.7 Å². The van der Waals surface area contributed by atoms with Gasteiger partial charge >= 0.3 is 0 Å². The Bertz CT molecular complexity index is 385. The summed E-state index contributed by atoms with van der Waals surface area (Å²) in [6.45, 7) is 0.621. The molecule has 0 bridgehead atoms. The lowest BCUT2D eigenvalue weighted by Crippen LogP contribution is -2.24. The SMILES string of the molecule is COc1ccc(C(=O)NCCCCI)cc1F. The molecule has 0 aliphatic rings. The lowest BCUT2D eigenvalue weighted by atomic mass is 10.2. The van der Waals surface area contributed by atoms with Crippen LogP contribution in [0.15, 0.2) is 18.2 Å². The third kappa shape index (κ3) is 4.49. The molecular weight excluding hydrogens is 336 g/mol. The van der Waals surface area contributed by atoms with Gasteiger partial charge in [-0.25, -0.2) is 4.39 Å². The Morgan fingerprint density at radius 1 is 1.47 bits per heavy atom. The van der Waals surface area contributed by atoms with Gasteiger partial charge in [0.2, 0.25) is 0 Å². The largest absolute Gasteiger partial charge is 0.494 e. The first-order valence-electron chi connectivity index (χ1n) is 5.36. The van der Waals surface area contributed by atoms with Crippen LogP contribution in [-0.2, 0) is 0 Å². The number of carbonyl (C=O) groups is 1. The molecule has 0 aliphatic heterocycles. The van der Waals surface area contributed by atoms with Gasteiger partial charge in [0.1, 0.15) is 0 Å². The Morgan fingerprint density at radius 2 is 2.24 bits per heavy atom. The molecule has 0 fully saturated rings. The van der Waals surface area contributed by atoms with Crippen molar-refractivity contribution in [3.63, 3.8) is 0 Å². The Hall–Kier alpha value is -0.850. The molecular formula is C12H15FINO2. The van der Waals surface area contributed by atoms with E-state index in [1.165, 1.54) is 19.2 Å². The first-order valence-corrected chi connectivity index (χ1v) is 6.89. The third-order valence-corrected chi connectivity index (χ3v) is 3.02. The molecule has 5 heteroatoms. The maximum absolute atomic E-state index is 13.3. The van der Waals surface area contributed by atoms with Gasteiger partial charge < -0.3 is 10.1 Å². The molecule has 17 heavy (non-hydrogen) atoms. The van der Waals surface area contributed by atoms with Gasteiger partial charge in [-0.15, -0.1) is 0 Å². The van der Waals surface area contributed by atoms with E-state index in [1.807, 2.05) is 0 Å². The maximum atomic E-state index is 13.3. The summed E-state index contributed by atoms with van der Waals surface area (Å²) in [7, 11) is 1.39. The van der Waals surface area contributed by atoms with Crippen molar-refractivity contribution < 1.29 is 13.9 Å². The number of nitrogens with one attached hydrogen (secondary N) is 1. The van der Waals surface area contributed by atoms with Gasteiger partial charge in [-0.3, -0.25) is 4.79 Å². The monoisotopic (exact) mass is 351 g/mol. The lowest BCUT2D eigenvalue weighted by molar-refractivity contribution is 0.0952. The molecule has 0 saturated carbocycles. The molecule has 0 saturated heterocycles. The van der Waals surface area contributed by atoms with E-state index in [9.17, 15) is 9.18 Å². The van der Waals surface area contributed by atoms with E-state index >= 15 is 0 Å². The summed E-state index contributed by atoms with van der Waals surface area (Å²) in [6.07, 6.45) is 2.01. The third-order valence-electron chi connectivity index (χ3n) is 2.26. The fourth-order valence-electron chi connectivity index (χ4n) is 1.33. The fourth-order valence-corrected chi connectivity index (χ4v) is 1.87. The Morgan fingerprint density at radius 3 is 2.82 bits per heavy atom. The molecule has 0 radical (unpaired) electrons. The van der Waals surface area contributed by atoms with E-state index in [0.29, 0.717) is 12.1 Å². The molecule has 0 spiro atoms. The van der Waals surface area contributed by atoms with E-state index < -0.39 is 5.82 Å². The van der Waals surface area contributed by atoms with Gasteiger partial charge in [-0.1, -0.05) is 22.6 Å². The van der Waals surface area contributed by atoms with Gasteiger partial charge in [0.05, 0.1) is 7.11 Å². The average Bonchev–Trinajstić information content (AvgIpc) is 2.34. The second-order valence-electron chi connectivity index (χ2n) is 3.50. The lowest BCUT2D eigenvalue weighted by Gasteiger charge is -2.06. The van der Waals surface area contributed by atoms with Crippen molar-refractivity contribution in [3.8, 4) is 5.75 Å². The molecule has 1 aromatic carbocycles. The van der Waals surface area contributed by atoms with Crippen LogP contribution in [-0.4, -0.2) is 24.0 Å². The zero-order valence-electron chi connectivity index (χ0n) is 9.63. The van der Waals surface area contributed by atoms with Crippen molar-refractivity contribution >= 4 is 28.5 Å². The van der Waals surface area contributed by atoms with Crippen LogP contribution in [0.3, 0.4) is 0 Å². The summed E-state index contributed by atoms with van der Waals surface area (Å²) in [6, 6.07) is 4.19. The normalized spacial score (nSPS) is 10.1. The zero-order valence-corrected chi connectivity index (χ0v) is 11.8. The van der Waals surface area contributed by atoms with Crippen molar-refractivity contribution in [3.05, 3.63) is 29.6 Å². The number of methoxy groups -OCH3 is 1. The predicted molar refractivity (Wildman–Crippen MR) is 73.4 cm³/mol. The Kier molecular flexibility index (Phi) is 6.25. The topological polar surface area (TPSA) is 38.3 Å². The first kappa shape index (κ1) is 14.2. The van der Waals surface area contributed by atoms with Crippen LogP contribution in [0, 0.1) is 5.82 Å². The number of rotatable bonds is 6. The van der Waals surface area contributed by atoms with Crippen molar-refractivity contribution in [2.24, 2.45) is 0 Å². The smallest absolute Gasteiger partial charge is 0.251 e. The van der Waals surface area contributed by atoms with Gasteiger partial charge in [0, 0.05) is 12.1 Å². The molecule has 0 aromatic heterocycles. The highest BCUT2D eigenvalue weighted by Gasteiger charge is 2.09. The van der Waals surface area contributed by atoms with Gasteiger partial charge in [-0.05, 0) is 35.5 Å². The predicted octanol–water partition coefficient (Wildman–Crippen LogP) is 2.78. The van der Waals surface area contributed by atoms with Gasteiger partial charge in [0.25, 0.3) is 5.91 Å². The number of hydrogen-bond donors (Lipinski definition) is 1. The molecule has 1 amide bonds. The molecule has 94 valence electrons. The summed E-state index contributed by atoms with van der Waals surface area (Å²) in [5.74, 6) is -0.626. The minimum atomic E-state index is -0.521. The Labute approximate surface area is 114 Å². The number of carbonyl (C=O) groups excluding carboxylic acids is 1. The highest BCUT2D eigenvalue weighted by atomic mass is 127. The van der Waals surface area contributed by atoms with Crippen LogP contribution < -0.4 is 10.1 Å². The maximum Gasteiger partial charge on any atom is 0.251 e. The van der Waals surface area contributed by atoms with E-state index in [2.05, 4.69) is 27.9 Å². The molecule has 3 nitrogen and oxygen atoms in total. The highest BCUT2D eigenvalue weighted by Crippen LogP contribution is 2.17. The molecule has 1 rings (SSSR count). The standard InChI is InChI=1S/C12H15FINO2/c1-17-11-5-4-9(8-10(11)13)12(16)15-7-3-2-6-14/h4-5,8H,2-3,6-7H2,1H3,(H,15,16). The zero-order chi connectivity index (χ0) is 12.7. The number of halogens is 2. The van der Waals surface area contributed by atoms with Crippen LogP contribution in [0.5, 0.6) is 5.75 Å². The first-order chi connectivity index (χ1) is 8.19. The van der Waals surface area contributed by atoms with Crippen LogP contribution in [0.2, 0.25) is 0 Å². The molecule has 0 aliphatic carbocycles. The van der Waals surface area contributed by atoms with Crippen molar-refractivity contribution in [2.75, 3.05) is 18.1 Å². The number of unbranched alkanes of at least 4 members (excludes halogenated alkanes) is 1. The minimum Gasteiger partial charge on any atom is -0.494 e. The summed E-state index contributed by atoms with van der Waals surface area (Å²) >= 11 is 2.29. The summed E-state index contributed by atoms with van der Waals surface area (Å²) in [5.41, 5.74) is 0.317. The number of amides is 1. The molecule has 0 atom stereocenters. The van der Waals surface area contributed by atoms with Crippen molar-refractivity contribution in [1.29, 1.82) is 0 Å². The second kappa shape index (κ2) is 7.47. The number of hydrogen-bond acceptors (Lipinski definition) is 2.